The second-order valence-electron chi connectivity index (χ2n) is 15.0. The first-order valence-electron chi connectivity index (χ1n) is 15.1. The minimum atomic E-state index is -0.862. The van der Waals surface area contributed by atoms with E-state index in [-0.39, 0.29) is 40.1 Å². The van der Waals surface area contributed by atoms with Gasteiger partial charge in [0.25, 0.3) is 0 Å². The van der Waals surface area contributed by atoms with E-state index in [9.17, 15) is 15.3 Å². The van der Waals surface area contributed by atoms with Crippen molar-refractivity contribution in [3.8, 4) is 0 Å². The van der Waals surface area contributed by atoms with Gasteiger partial charge in [-0.1, -0.05) is 46.8 Å². The largest absolute Gasteiger partial charge is 0.396 e. The molecular formula is C33H48N2O3. The Morgan fingerprint density at radius 2 is 1.61 bits per heavy atom. The minimum Gasteiger partial charge on any atom is -0.396 e. The Morgan fingerprint density at radius 3 is 2.29 bits per heavy atom. The Morgan fingerprint density at radius 1 is 0.947 bits per heavy atom. The standard InChI is InChI=1S/C33H48N2O3/c1-29(2)25-13-16-31(4)26(30(25,3)19-23-28(29)35-22-11-8-7-10-21(22)34-23)18-24(37)27-20(12-15-32(27,31)5)33(6,38)14-9-17-36/h7-8,10-11,20,24-27,36-38H,9,12-19H2,1-6H3/t20-,24+,25-,26+,27-,30-,31+,32+,33-/m0/s1. The van der Waals surface area contributed by atoms with Crippen molar-refractivity contribution in [2.75, 3.05) is 6.61 Å². The van der Waals surface area contributed by atoms with Crippen LogP contribution >= 0.6 is 0 Å². The third-order valence-electron chi connectivity index (χ3n) is 13.0. The van der Waals surface area contributed by atoms with Crippen molar-refractivity contribution in [1.82, 2.24) is 9.97 Å². The number of aliphatic hydroxyl groups excluding tert-OH is 2. The lowest BCUT2D eigenvalue weighted by Gasteiger charge is -2.69. The van der Waals surface area contributed by atoms with Crippen molar-refractivity contribution in [3.63, 3.8) is 0 Å². The molecule has 0 amide bonds. The van der Waals surface area contributed by atoms with E-state index < -0.39 is 11.7 Å². The predicted molar refractivity (Wildman–Crippen MR) is 151 cm³/mol. The van der Waals surface area contributed by atoms with Crippen molar-refractivity contribution in [1.29, 1.82) is 0 Å². The zero-order chi connectivity index (χ0) is 27.3. The molecule has 1 heterocycles. The van der Waals surface area contributed by atoms with Crippen LogP contribution in [-0.4, -0.2) is 43.6 Å². The van der Waals surface area contributed by atoms with Gasteiger partial charge in [0, 0.05) is 12.0 Å². The number of benzene rings is 1. The summed E-state index contributed by atoms with van der Waals surface area (Å²) in [5, 5.41) is 32.9. The topological polar surface area (TPSA) is 86.5 Å². The molecule has 5 heteroatoms. The van der Waals surface area contributed by atoms with Crippen LogP contribution in [0.5, 0.6) is 0 Å². The van der Waals surface area contributed by atoms with Gasteiger partial charge in [-0.3, -0.25) is 0 Å². The molecule has 3 N–H and O–H groups in total. The van der Waals surface area contributed by atoms with Crippen LogP contribution in [0.15, 0.2) is 24.3 Å². The first-order valence-corrected chi connectivity index (χ1v) is 15.1. The zero-order valence-electron chi connectivity index (χ0n) is 24.3. The molecule has 0 saturated heterocycles. The highest BCUT2D eigenvalue weighted by Crippen LogP contribution is 2.75. The first-order chi connectivity index (χ1) is 17.8. The number of aliphatic hydroxyl groups is 3. The Balaban J connectivity index is 1.42. The number of rotatable bonds is 4. The van der Waals surface area contributed by atoms with Gasteiger partial charge >= 0.3 is 0 Å². The van der Waals surface area contributed by atoms with Gasteiger partial charge in [0.15, 0.2) is 0 Å². The zero-order valence-corrected chi connectivity index (χ0v) is 24.3. The SMILES string of the molecule is CC1(C)c2nc3ccccc3nc2C[C@]2(C)[C@H]3C[C@@H](O)[C@@H]4[C@@H]([C@@](C)(O)CCCO)CC[C@@]4(C)[C@]3(C)CC[C@@H]12. The fourth-order valence-corrected chi connectivity index (χ4v) is 11.1. The molecule has 2 aromatic rings. The molecule has 0 spiro atoms. The summed E-state index contributed by atoms with van der Waals surface area (Å²) in [6.07, 6.45) is 6.80. The highest BCUT2D eigenvalue weighted by atomic mass is 16.3. The molecule has 3 saturated carbocycles. The summed E-state index contributed by atoms with van der Waals surface area (Å²) in [4.78, 5) is 10.4. The van der Waals surface area contributed by atoms with Crippen molar-refractivity contribution >= 4 is 11.0 Å². The Hall–Kier alpha value is -1.56. The molecule has 9 atom stereocenters. The molecule has 5 nitrogen and oxygen atoms in total. The maximum absolute atomic E-state index is 11.9. The number of hydrogen-bond acceptors (Lipinski definition) is 5. The summed E-state index contributed by atoms with van der Waals surface area (Å²) in [5.41, 5.74) is 3.40. The average Bonchev–Trinajstić information content (AvgIpc) is 3.24. The summed E-state index contributed by atoms with van der Waals surface area (Å²) >= 11 is 0. The van der Waals surface area contributed by atoms with Crippen LogP contribution in [0.3, 0.4) is 0 Å². The molecule has 3 fully saturated rings. The normalized spacial score (nSPS) is 43.0. The average molecular weight is 521 g/mol. The Kier molecular flexibility index (Phi) is 5.94. The number of aromatic nitrogens is 2. The van der Waals surface area contributed by atoms with E-state index >= 15 is 0 Å². The number of nitrogens with zero attached hydrogens (tertiary/aromatic N) is 2. The molecule has 6 rings (SSSR count). The van der Waals surface area contributed by atoms with Crippen molar-refractivity contribution < 1.29 is 15.3 Å². The van der Waals surface area contributed by atoms with E-state index in [1.807, 2.05) is 19.1 Å². The minimum absolute atomic E-state index is 0.0209. The maximum Gasteiger partial charge on any atom is 0.0890 e. The van der Waals surface area contributed by atoms with E-state index in [1.54, 1.807) is 0 Å². The quantitative estimate of drug-likeness (QED) is 0.473. The van der Waals surface area contributed by atoms with Gasteiger partial charge in [0.2, 0.25) is 0 Å². The maximum atomic E-state index is 11.9. The molecule has 0 radical (unpaired) electrons. The molecule has 208 valence electrons. The van der Waals surface area contributed by atoms with Crippen molar-refractivity contribution in [2.45, 2.75) is 110 Å². The number of fused-ring (bicyclic) bond motifs is 7. The molecule has 0 aliphatic heterocycles. The van der Waals surface area contributed by atoms with E-state index in [0.29, 0.717) is 24.7 Å². The van der Waals surface area contributed by atoms with Crippen molar-refractivity contribution in [3.05, 3.63) is 35.7 Å². The molecule has 0 bridgehead atoms. The predicted octanol–water partition coefficient (Wildman–Crippen LogP) is 5.82. The monoisotopic (exact) mass is 520 g/mol. The van der Waals surface area contributed by atoms with Gasteiger partial charge in [-0.25, -0.2) is 9.97 Å². The summed E-state index contributed by atoms with van der Waals surface area (Å²) in [7, 11) is 0. The molecule has 1 aromatic carbocycles. The van der Waals surface area contributed by atoms with Crippen LogP contribution < -0.4 is 0 Å². The second kappa shape index (κ2) is 8.47. The van der Waals surface area contributed by atoms with E-state index in [4.69, 9.17) is 9.97 Å². The summed E-state index contributed by atoms with van der Waals surface area (Å²) in [5.74, 6) is 1.02. The highest BCUT2D eigenvalue weighted by Gasteiger charge is 2.71. The lowest BCUT2D eigenvalue weighted by atomic mass is 9.35. The fourth-order valence-electron chi connectivity index (χ4n) is 11.1. The molecule has 4 aliphatic carbocycles. The summed E-state index contributed by atoms with van der Waals surface area (Å²) in [6, 6.07) is 8.25. The van der Waals surface area contributed by atoms with E-state index in [1.165, 1.54) is 5.69 Å². The smallest absolute Gasteiger partial charge is 0.0890 e. The molecule has 4 aliphatic rings. The first kappa shape index (κ1) is 26.7. The lowest BCUT2D eigenvalue weighted by molar-refractivity contribution is -0.224. The van der Waals surface area contributed by atoms with Gasteiger partial charge in [-0.2, -0.15) is 0 Å². The molecule has 1 aromatic heterocycles. The Labute approximate surface area is 228 Å². The Bertz CT molecular complexity index is 1240. The van der Waals surface area contributed by atoms with E-state index in [0.717, 1.165) is 55.3 Å². The molecular weight excluding hydrogens is 472 g/mol. The van der Waals surface area contributed by atoms with E-state index in [2.05, 4.69) is 46.8 Å². The van der Waals surface area contributed by atoms with Crippen LogP contribution in [0.4, 0.5) is 0 Å². The van der Waals surface area contributed by atoms with Crippen LogP contribution in [0, 0.1) is 39.9 Å². The highest BCUT2D eigenvalue weighted by molar-refractivity contribution is 5.74. The lowest BCUT2D eigenvalue weighted by Crippen LogP contribution is -2.66. The van der Waals surface area contributed by atoms with Gasteiger partial charge in [0.1, 0.15) is 0 Å². The fraction of sp³-hybridized carbons (Fsp3) is 0.758. The number of para-hydroxylation sites is 2. The van der Waals surface area contributed by atoms with Crippen LogP contribution in [-0.2, 0) is 11.8 Å². The summed E-state index contributed by atoms with van der Waals surface area (Å²) in [6.45, 7) is 14.3. The van der Waals surface area contributed by atoms with Gasteiger partial charge in [-0.05, 0) is 110 Å². The van der Waals surface area contributed by atoms with Crippen LogP contribution in [0.25, 0.3) is 11.0 Å². The summed E-state index contributed by atoms with van der Waals surface area (Å²) < 4.78 is 0. The molecule has 38 heavy (non-hydrogen) atoms. The second-order valence-corrected chi connectivity index (χ2v) is 15.0. The van der Waals surface area contributed by atoms with Crippen LogP contribution in [0.1, 0.15) is 97.9 Å². The third kappa shape index (κ3) is 3.40. The number of hydrogen-bond donors (Lipinski definition) is 3. The molecule has 0 unspecified atom stereocenters. The van der Waals surface area contributed by atoms with Crippen LogP contribution in [0.2, 0.25) is 0 Å². The van der Waals surface area contributed by atoms with Crippen molar-refractivity contribution in [2.24, 2.45) is 39.9 Å². The van der Waals surface area contributed by atoms with Gasteiger partial charge < -0.3 is 15.3 Å². The third-order valence-corrected chi connectivity index (χ3v) is 13.0. The van der Waals surface area contributed by atoms with Gasteiger partial charge in [0.05, 0.1) is 34.1 Å². The van der Waals surface area contributed by atoms with Gasteiger partial charge in [-0.15, -0.1) is 0 Å².